The minimum Gasteiger partial charge on any atom is -0.493 e. The topological polar surface area (TPSA) is 119 Å². The quantitative estimate of drug-likeness (QED) is 0.223. The fourth-order valence-corrected chi connectivity index (χ4v) is 5.00. The number of nitrogens with one attached hydrogen (secondary N) is 2. The molecule has 0 aliphatic carbocycles. The van der Waals surface area contributed by atoms with E-state index in [-0.39, 0.29) is 12.5 Å². The number of rotatable bonds is 9. The fourth-order valence-electron chi connectivity index (χ4n) is 4.64. The van der Waals surface area contributed by atoms with Gasteiger partial charge in [0.25, 0.3) is 5.91 Å². The molecule has 5 aromatic rings. The second-order valence-electron chi connectivity index (χ2n) is 8.92. The zero-order chi connectivity index (χ0) is 27.5. The Hall–Kier alpha value is -4.15. The molecular weight excluding hydrogens is 564 g/mol. The molecule has 0 spiro atoms. The smallest absolute Gasteiger partial charge is 0.252 e. The van der Waals surface area contributed by atoms with Gasteiger partial charge in [0, 0.05) is 44.9 Å². The number of nitrogens with zero attached hydrogens (tertiary/aromatic N) is 2. The van der Waals surface area contributed by atoms with Crippen molar-refractivity contribution in [3.8, 4) is 28.5 Å². The number of hydrogen-bond acceptors (Lipinski definition) is 7. The van der Waals surface area contributed by atoms with E-state index in [9.17, 15) is 9.90 Å². The van der Waals surface area contributed by atoms with Crippen molar-refractivity contribution in [1.29, 1.82) is 0 Å². The molecule has 1 unspecified atom stereocenters. The molecule has 200 valence electrons. The van der Waals surface area contributed by atoms with E-state index in [4.69, 9.17) is 19.2 Å². The Labute approximate surface area is 233 Å². The first kappa shape index (κ1) is 26.5. The minimum absolute atomic E-state index is 0.231. The van der Waals surface area contributed by atoms with E-state index in [2.05, 4.69) is 31.2 Å². The molecule has 0 aliphatic heterocycles. The number of aliphatic hydroxyl groups is 1. The van der Waals surface area contributed by atoms with Gasteiger partial charge in [-0.15, -0.1) is 0 Å². The number of aliphatic hydroxyl groups excluding tert-OH is 1. The summed E-state index contributed by atoms with van der Waals surface area (Å²) in [5, 5.41) is 14.8. The molecule has 39 heavy (non-hydrogen) atoms. The SMILES string of the molecule is COc1cc(-c2cc(C(=O)NC(CO)Cc3c[nH]c4ccncc34)c3cc(Br)ccc3n2)cc(OC)c1OC. The molecular formula is C29H27BrN4O5. The van der Waals surface area contributed by atoms with Crippen molar-refractivity contribution < 1.29 is 24.1 Å². The largest absolute Gasteiger partial charge is 0.493 e. The number of pyridine rings is 2. The van der Waals surface area contributed by atoms with E-state index in [1.807, 2.05) is 30.5 Å². The third-order valence-corrected chi connectivity index (χ3v) is 7.06. The number of carbonyl (C=O) groups is 1. The average Bonchev–Trinajstić information content (AvgIpc) is 3.37. The van der Waals surface area contributed by atoms with Gasteiger partial charge in [0.2, 0.25) is 5.75 Å². The highest BCUT2D eigenvalue weighted by Gasteiger charge is 2.21. The summed E-state index contributed by atoms with van der Waals surface area (Å²) in [7, 11) is 4.63. The van der Waals surface area contributed by atoms with Gasteiger partial charge < -0.3 is 29.6 Å². The van der Waals surface area contributed by atoms with E-state index in [1.54, 1.807) is 51.9 Å². The Bertz CT molecular complexity index is 1640. The van der Waals surface area contributed by atoms with Crippen LogP contribution in [0.4, 0.5) is 0 Å². The number of carbonyl (C=O) groups excluding carboxylic acids is 1. The lowest BCUT2D eigenvalue weighted by Crippen LogP contribution is -2.39. The number of aromatic nitrogens is 3. The molecule has 9 nitrogen and oxygen atoms in total. The molecule has 0 fully saturated rings. The highest BCUT2D eigenvalue weighted by molar-refractivity contribution is 9.10. The van der Waals surface area contributed by atoms with E-state index < -0.39 is 6.04 Å². The van der Waals surface area contributed by atoms with Gasteiger partial charge >= 0.3 is 0 Å². The van der Waals surface area contributed by atoms with Crippen LogP contribution in [0.1, 0.15) is 15.9 Å². The Morgan fingerprint density at radius 2 is 1.82 bits per heavy atom. The summed E-state index contributed by atoms with van der Waals surface area (Å²) >= 11 is 3.50. The van der Waals surface area contributed by atoms with Crippen molar-refractivity contribution in [2.45, 2.75) is 12.5 Å². The molecule has 10 heteroatoms. The summed E-state index contributed by atoms with van der Waals surface area (Å²) in [5.74, 6) is 1.09. The highest BCUT2D eigenvalue weighted by Crippen LogP contribution is 2.41. The zero-order valence-corrected chi connectivity index (χ0v) is 23.2. The molecule has 1 amide bonds. The molecule has 5 rings (SSSR count). The normalized spacial score (nSPS) is 11.9. The number of halogens is 1. The lowest BCUT2D eigenvalue weighted by molar-refractivity contribution is 0.0918. The maximum Gasteiger partial charge on any atom is 0.252 e. The average molecular weight is 591 g/mol. The highest BCUT2D eigenvalue weighted by atomic mass is 79.9. The minimum atomic E-state index is -0.517. The van der Waals surface area contributed by atoms with Gasteiger partial charge in [0.05, 0.1) is 50.8 Å². The second kappa shape index (κ2) is 11.3. The maximum absolute atomic E-state index is 13.7. The Kier molecular flexibility index (Phi) is 7.67. The van der Waals surface area contributed by atoms with Gasteiger partial charge in [0.15, 0.2) is 11.5 Å². The lowest BCUT2D eigenvalue weighted by atomic mass is 10.0. The van der Waals surface area contributed by atoms with Crippen LogP contribution in [0.2, 0.25) is 0 Å². The van der Waals surface area contributed by atoms with E-state index in [0.717, 1.165) is 20.9 Å². The van der Waals surface area contributed by atoms with Crippen molar-refractivity contribution in [3.63, 3.8) is 0 Å². The molecule has 0 saturated carbocycles. The van der Waals surface area contributed by atoms with Crippen LogP contribution in [0.25, 0.3) is 33.1 Å². The fraction of sp³-hybridized carbons (Fsp3) is 0.207. The number of aromatic amines is 1. The number of amides is 1. The first-order valence-electron chi connectivity index (χ1n) is 12.2. The molecule has 0 bridgehead atoms. The van der Waals surface area contributed by atoms with Gasteiger partial charge in [-0.25, -0.2) is 4.98 Å². The summed E-state index contributed by atoms with van der Waals surface area (Å²) in [6.45, 7) is -0.231. The Morgan fingerprint density at radius 3 is 2.51 bits per heavy atom. The van der Waals surface area contributed by atoms with Gasteiger partial charge in [-0.1, -0.05) is 15.9 Å². The number of hydrogen-bond donors (Lipinski definition) is 3. The van der Waals surface area contributed by atoms with E-state index in [1.165, 1.54) is 0 Å². The monoisotopic (exact) mass is 590 g/mol. The predicted molar refractivity (Wildman–Crippen MR) is 153 cm³/mol. The summed E-state index contributed by atoms with van der Waals surface area (Å²) in [6, 6.07) is 12.3. The summed E-state index contributed by atoms with van der Waals surface area (Å²) in [5.41, 5.74) is 4.20. The zero-order valence-electron chi connectivity index (χ0n) is 21.6. The molecule has 0 radical (unpaired) electrons. The van der Waals surface area contributed by atoms with Gasteiger partial charge in [-0.05, 0) is 54.4 Å². The van der Waals surface area contributed by atoms with Gasteiger partial charge in [-0.3, -0.25) is 9.78 Å². The predicted octanol–water partition coefficient (Wildman–Crippen LogP) is 4.90. The van der Waals surface area contributed by atoms with Crippen molar-refractivity contribution in [1.82, 2.24) is 20.3 Å². The van der Waals surface area contributed by atoms with Crippen LogP contribution < -0.4 is 19.5 Å². The van der Waals surface area contributed by atoms with Crippen LogP contribution in [-0.2, 0) is 6.42 Å². The first-order valence-corrected chi connectivity index (χ1v) is 13.0. The van der Waals surface area contributed by atoms with Crippen LogP contribution in [0.3, 0.4) is 0 Å². The number of ether oxygens (including phenoxy) is 3. The van der Waals surface area contributed by atoms with Crippen LogP contribution in [0.5, 0.6) is 17.2 Å². The number of methoxy groups -OCH3 is 3. The van der Waals surface area contributed by atoms with Gasteiger partial charge in [-0.2, -0.15) is 0 Å². The molecule has 3 aromatic heterocycles. The summed E-state index contributed by atoms with van der Waals surface area (Å²) in [4.78, 5) is 25.9. The standard InChI is InChI=1S/C29H27BrN4O5/c1-37-26-9-16(10-27(38-2)28(26)39-3)25-12-21(20-11-18(30)4-5-24(20)34-25)29(36)33-19(15-35)8-17-13-32-23-6-7-31-14-22(17)23/h4-7,9-14,19,32,35H,8,15H2,1-3H3,(H,33,36). The molecule has 2 aromatic carbocycles. The number of fused-ring (bicyclic) bond motifs is 2. The van der Waals surface area contributed by atoms with Crippen LogP contribution >= 0.6 is 15.9 Å². The molecule has 1 atom stereocenters. The van der Waals surface area contributed by atoms with E-state index >= 15 is 0 Å². The van der Waals surface area contributed by atoms with Crippen molar-refractivity contribution in [2.24, 2.45) is 0 Å². The first-order chi connectivity index (χ1) is 18.9. The van der Waals surface area contributed by atoms with Crippen molar-refractivity contribution in [3.05, 3.63) is 76.7 Å². The molecule has 0 aliphatic rings. The summed E-state index contributed by atoms with van der Waals surface area (Å²) in [6.07, 6.45) is 5.80. The molecule has 0 saturated heterocycles. The molecule has 3 heterocycles. The second-order valence-corrected chi connectivity index (χ2v) is 9.84. The molecule has 3 N–H and O–H groups in total. The Balaban J connectivity index is 1.54. The van der Waals surface area contributed by atoms with E-state index in [0.29, 0.717) is 51.4 Å². The third-order valence-electron chi connectivity index (χ3n) is 6.57. The van der Waals surface area contributed by atoms with Crippen molar-refractivity contribution in [2.75, 3.05) is 27.9 Å². The summed E-state index contributed by atoms with van der Waals surface area (Å²) < 4.78 is 17.3. The number of benzene rings is 2. The van der Waals surface area contributed by atoms with Crippen LogP contribution in [-0.4, -0.2) is 59.9 Å². The third kappa shape index (κ3) is 5.25. The van der Waals surface area contributed by atoms with Crippen LogP contribution in [0.15, 0.2) is 65.5 Å². The van der Waals surface area contributed by atoms with Gasteiger partial charge in [0.1, 0.15) is 0 Å². The Morgan fingerprint density at radius 1 is 1.05 bits per heavy atom. The maximum atomic E-state index is 13.7. The number of H-pyrrole nitrogens is 1. The van der Waals surface area contributed by atoms with Crippen molar-refractivity contribution >= 4 is 43.6 Å². The van der Waals surface area contributed by atoms with Crippen LogP contribution in [0, 0.1) is 0 Å². The lowest BCUT2D eigenvalue weighted by Gasteiger charge is -2.18.